The molecule has 1 atom stereocenters. The highest BCUT2D eigenvalue weighted by Crippen LogP contribution is 2.38. The van der Waals surface area contributed by atoms with E-state index in [1.165, 1.54) is 16.9 Å². The third kappa shape index (κ3) is 2.22. The van der Waals surface area contributed by atoms with E-state index < -0.39 is 0 Å². The molecule has 0 fully saturated rings. The average molecular weight is 329 g/mol. The molecule has 0 saturated carbocycles. The first-order valence-corrected chi connectivity index (χ1v) is 8.88. The molecule has 3 aromatic heterocycles. The summed E-state index contributed by atoms with van der Waals surface area (Å²) in [6.07, 6.45) is 4.25. The quantitative estimate of drug-likeness (QED) is 0.802. The Bertz CT molecular complexity index is 926. The standard InChI is InChI=1S/C16H19N5OS/c1-4-8(2)17-15(22)13-19-14-12-10-6-5-7-11(10)23-16(12)18-9(3)21(14)20-13/h8H,4-7H2,1-3H3,(H,17,22)/t8-/m0/s1. The molecule has 0 spiro atoms. The van der Waals surface area contributed by atoms with Crippen molar-refractivity contribution in [1.82, 2.24) is 24.9 Å². The van der Waals surface area contributed by atoms with E-state index in [9.17, 15) is 4.79 Å². The van der Waals surface area contributed by atoms with Crippen LogP contribution in [0.15, 0.2) is 0 Å². The van der Waals surface area contributed by atoms with E-state index in [1.54, 1.807) is 15.9 Å². The summed E-state index contributed by atoms with van der Waals surface area (Å²) in [5, 5.41) is 8.40. The van der Waals surface area contributed by atoms with Crippen molar-refractivity contribution < 1.29 is 4.79 Å². The molecule has 0 radical (unpaired) electrons. The predicted molar refractivity (Wildman–Crippen MR) is 90.1 cm³/mol. The molecule has 1 aliphatic rings. The number of carbonyl (C=O) groups is 1. The zero-order valence-corrected chi connectivity index (χ0v) is 14.3. The van der Waals surface area contributed by atoms with Gasteiger partial charge in [-0.3, -0.25) is 4.79 Å². The molecule has 1 N–H and O–H groups in total. The van der Waals surface area contributed by atoms with Crippen molar-refractivity contribution in [2.24, 2.45) is 0 Å². The lowest BCUT2D eigenvalue weighted by molar-refractivity contribution is 0.0929. The van der Waals surface area contributed by atoms with Crippen LogP contribution in [0, 0.1) is 6.92 Å². The third-order valence-corrected chi connectivity index (χ3v) is 5.68. The van der Waals surface area contributed by atoms with Crippen LogP contribution in [0.4, 0.5) is 0 Å². The van der Waals surface area contributed by atoms with Gasteiger partial charge in [0.2, 0.25) is 5.82 Å². The van der Waals surface area contributed by atoms with E-state index in [0.29, 0.717) is 0 Å². The Kier molecular flexibility index (Phi) is 3.33. The highest BCUT2D eigenvalue weighted by atomic mass is 32.1. The normalized spacial score (nSPS) is 15.3. The minimum atomic E-state index is -0.220. The number of carbonyl (C=O) groups excluding carboxylic acids is 1. The molecule has 0 saturated heterocycles. The number of aryl methyl sites for hydroxylation is 3. The summed E-state index contributed by atoms with van der Waals surface area (Å²) in [6.45, 7) is 5.92. The number of nitrogens with one attached hydrogen (secondary N) is 1. The van der Waals surface area contributed by atoms with Crippen molar-refractivity contribution >= 4 is 33.1 Å². The van der Waals surface area contributed by atoms with Crippen molar-refractivity contribution in [1.29, 1.82) is 0 Å². The number of amides is 1. The fourth-order valence-corrected chi connectivity index (χ4v) is 4.38. The van der Waals surface area contributed by atoms with E-state index in [2.05, 4.69) is 20.4 Å². The number of rotatable bonds is 3. The Morgan fingerprint density at radius 3 is 3.00 bits per heavy atom. The van der Waals surface area contributed by atoms with Gasteiger partial charge < -0.3 is 5.32 Å². The fourth-order valence-electron chi connectivity index (χ4n) is 3.08. The minimum Gasteiger partial charge on any atom is -0.347 e. The van der Waals surface area contributed by atoms with Crippen LogP contribution in [0.5, 0.6) is 0 Å². The average Bonchev–Trinajstić information content (AvgIpc) is 3.19. The second-order valence-corrected chi connectivity index (χ2v) is 7.23. The summed E-state index contributed by atoms with van der Waals surface area (Å²) in [4.78, 5) is 24.0. The van der Waals surface area contributed by atoms with Crippen molar-refractivity contribution in [3.8, 4) is 0 Å². The van der Waals surface area contributed by atoms with Crippen LogP contribution in [-0.4, -0.2) is 31.5 Å². The van der Waals surface area contributed by atoms with Crippen LogP contribution in [0.3, 0.4) is 0 Å². The van der Waals surface area contributed by atoms with Crippen LogP contribution >= 0.6 is 11.3 Å². The summed E-state index contributed by atoms with van der Waals surface area (Å²) in [7, 11) is 0. The Morgan fingerprint density at radius 1 is 1.39 bits per heavy atom. The smallest absolute Gasteiger partial charge is 0.291 e. The molecular weight excluding hydrogens is 310 g/mol. The number of fused-ring (bicyclic) bond motifs is 5. The molecule has 1 aliphatic carbocycles. The van der Waals surface area contributed by atoms with Gasteiger partial charge >= 0.3 is 0 Å². The molecule has 120 valence electrons. The maximum atomic E-state index is 12.3. The van der Waals surface area contributed by atoms with Gasteiger partial charge in [0, 0.05) is 10.9 Å². The lowest BCUT2D eigenvalue weighted by Crippen LogP contribution is -2.32. The topological polar surface area (TPSA) is 72.2 Å². The molecule has 3 aromatic rings. The van der Waals surface area contributed by atoms with Gasteiger partial charge in [-0.05, 0) is 45.1 Å². The van der Waals surface area contributed by atoms with Crippen LogP contribution in [0.2, 0.25) is 0 Å². The van der Waals surface area contributed by atoms with Gasteiger partial charge in [-0.25, -0.2) is 9.97 Å². The molecule has 0 aliphatic heterocycles. The zero-order chi connectivity index (χ0) is 16.1. The Hall–Kier alpha value is -2.02. The Morgan fingerprint density at radius 2 is 2.22 bits per heavy atom. The first-order chi connectivity index (χ1) is 11.1. The SMILES string of the molecule is CC[C@H](C)NC(=O)c1nc2c3c4c(sc3nc(C)n2n1)CCC4. The Labute approximate surface area is 137 Å². The maximum Gasteiger partial charge on any atom is 0.291 e. The second-order valence-electron chi connectivity index (χ2n) is 6.15. The van der Waals surface area contributed by atoms with Crippen molar-refractivity contribution in [2.45, 2.75) is 52.5 Å². The van der Waals surface area contributed by atoms with Gasteiger partial charge in [0.05, 0.1) is 5.39 Å². The van der Waals surface area contributed by atoms with Crippen LogP contribution in [0.1, 0.15) is 53.6 Å². The van der Waals surface area contributed by atoms with Crippen molar-refractivity contribution in [3.05, 3.63) is 22.1 Å². The largest absolute Gasteiger partial charge is 0.347 e. The van der Waals surface area contributed by atoms with Gasteiger partial charge in [-0.2, -0.15) is 4.52 Å². The van der Waals surface area contributed by atoms with Crippen LogP contribution in [-0.2, 0) is 12.8 Å². The van der Waals surface area contributed by atoms with E-state index in [-0.39, 0.29) is 17.8 Å². The van der Waals surface area contributed by atoms with Crippen LogP contribution < -0.4 is 5.32 Å². The van der Waals surface area contributed by atoms with Gasteiger partial charge in [0.15, 0.2) is 5.65 Å². The van der Waals surface area contributed by atoms with Crippen molar-refractivity contribution in [2.75, 3.05) is 0 Å². The predicted octanol–water partition coefficient (Wildman–Crippen LogP) is 2.66. The van der Waals surface area contributed by atoms with Gasteiger partial charge in [0.25, 0.3) is 5.91 Å². The van der Waals surface area contributed by atoms with Gasteiger partial charge in [0.1, 0.15) is 10.7 Å². The first kappa shape index (κ1) is 14.6. The monoisotopic (exact) mass is 329 g/mol. The molecule has 3 heterocycles. The minimum absolute atomic E-state index is 0.110. The number of aromatic nitrogens is 4. The third-order valence-electron chi connectivity index (χ3n) is 4.50. The highest BCUT2D eigenvalue weighted by Gasteiger charge is 2.24. The summed E-state index contributed by atoms with van der Waals surface area (Å²) >= 11 is 1.75. The summed E-state index contributed by atoms with van der Waals surface area (Å²) < 4.78 is 1.71. The molecule has 4 rings (SSSR count). The lowest BCUT2D eigenvalue weighted by Gasteiger charge is -2.08. The van der Waals surface area contributed by atoms with E-state index in [4.69, 9.17) is 0 Å². The van der Waals surface area contributed by atoms with E-state index in [0.717, 1.165) is 41.0 Å². The fraction of sp³-hybridized carbons (Fsp3) is 0.500. The second kappa shape index (κ2) is 5.26. The first-order valence-electron chi connectivity index (χ1n) is 8.07. The summed E-state index contributed by atoms with van der Waals surface area (Å²) in [5.41, 5.74) is 2.12. The Balaban J connectivity index is 1.89. The molecule has 1 amide bonds. The molecule has 23 heavy (non-hydrogen) atoms. The van der Waals surface area contributed by atoms with Crippen LogP contribution in [0.25, 0.3) is 15.9 Å². The molecule has 0 aromatic carbocycles. The van der Waals surface area contributed by atoms with Crippen molar-refractivity contribution in [3.63, 3.8) is 0 Å². The summed E-state index contributed by atoms with van der Waals surface area (Å²) in [5.74, 6) is 0.769. The van der Waals surface area contributed by atoms with Gasteiger partial charge in [-0.1, -0.05) is 6.92 Å². The van der Waals surface area contributed by atoms with Gasteiger partial charge in [-0.15, -0.1) is 16.4 Å². The summed E-state index contributed by atoms with van der Waals surface area (Å²) in [6, 6.07) is 0.110. The lowest BCUT2D eigenvalue weighted by atomic mass is 10.2. The maximum absolute atomic E-state index is 12.3. The van der Waals surface area contributed by atoms with E-state index >= 15 is 0 Å². The molecule has 7 heteroatoms. The number of thiophene rings is 1. The number of hydrogen-bond donors (Lipinski definition) is 1. The molecule has 0 unspecified atom stereocenters. The molecule has 6 nitrogen and oxygen atoms in total. The van der Waals surface area contributed by atoms with E-state index in [1.807, 2.05) is 20.8 Å². The zero-order valence-electron chi connectivity index (χ0n) is 13.5. The highest BCUT2D eigenvalue weighted by molar-refractivity contribution is 7.19. The molecule has 0 bridgehead atoms. The number of nitrogens with zero attached hydrogens (tertiary/aromatic N) is 4. The molecular formula is C16H19N5OS. The number of hydrogen-bond acceptors (Lipinski definition) is 5.